The number of nitrogen functional groups attached to an aromatic ring is 1. The number of nitrogens with zero attached hydrogens (tertiary/aromatic N) is 3. The molecule has 5 nitrogen and oxygen atoms in total. The molecule has 16 heavy (non-hydrogen) atoms. The lowest BCUT2D eigenvalue weighted by atomic mass is 10.1. The molecule has 0 radical (unpaired) electrons. The average Bonchev–Trinajstić information content (AvgIpc) is 2.77. The van der Waals surface area contributed by atoms with Crippen LogP contribution in [0.1, 0.15) is 0 Å². The van der Waals surface area contributed by atoms with Crippen molar-refractivity contribution in [3.05, 3.63) is 36.8 Å². The van der Waals surface area contributed by atoms with Crippen molar-refractivity contribution in [2.75, 3.05) is 5.73 Å². The van der Waals surface area contributed by atoms with Gasteiger partial charge >= 0.3 is 0 Å². The van der Waals surface area contributed by atoms with Gasteiger partial charge in [-0.15, -0.1) is 0 Å². The quantitative estimate of drug-likeness (QED) is 0.640. The average molecular weight is 211 g/mol. The van der Waals surface area contributed by atoms with Crippen molar-refractivity contribution in [1.29, 1.82) is 0 Å². The Balaban J connectivity index is 2.34. The second-order valence-corrected chi connectivity index (χ2v) is 3.41. The Labute approximate surface area is 91.4 Å². The van der Waals surface area contributed by atoms with E-state index in [4.69, 9.17) is 5.73 Å². The van der Waals surface area contributed by atoms with Gasteiger partial charge in [-0.2, -0.15) is 4.98 Å². The Morgan fingerprint density at radius 2 is 2.12 bits per heavy atom. The highest BCUT2D eigenvalue weighted by atomic mass is 15.0. The molecular weight excluding hydrogens is 202 g/mol. The number of H-pyrrole nitrogens is 1. The van der Waals surface area contributed by atoms with Crippen LogP contribution in [0.4, 0.5) is 5.95 Å². The summed E-state index contributed by atoms with van der Waals surface area (Å²) >= 11 is 0. The molecule has 0 bridgehead atoms. The summed E-state index contributed by atoms with van der Waals surface area (Å²) in [7, 11) is 0. The number of fused-ring (bicyclic) bond motifs is 1. The Morgan fingerprint density at radius 1 is 1.19 bits per heavy atom. The maximum Gasteiger partial charge on any atom is 0.222 e. The number of anilines is 1. The van der Waals surface area contributed by atoms with E-state index in [-0.39, 0.29) is 5.95 Å². The van der Waals surface area contributed by atoms with E-state index in [0.29, 0.717) is 0 Å². The summed E-state index contributed by atoms with van der Waals surface area (Å²) in [6, 6.07) is 5.74. The van der Waals surface area contributed by atoms with Crippen LogP contribution in [0.15, 0.2) is 36.8 Å². The molecule has 0 unspecified atom stereocenters. The van der Waals surface area contributed by atoms with E-state index in [1.807, 2.05) is 24.4 Å². The van der Waals surface area contributed by atoms with E-state index in [1.54, 1.807) is 12.4 Å². The second-order valence-electron chi connectivity index (χ2n) is 3.41. The molecule has 3 N–H and O–H groups in total. The van der Waals surface area contributed by atoms with Crippen LogP contribution in [0.2, 0.25) is 0 Å². The normalized spacial score (nSPS) is 10.8. The smallest absolute Gasteiger partial charge is 0.222 e. The number of pyridine rings is 1. The summed E-state index contributed by atoms with van der Waals surface area (Å²) in [5.41, 5.74) is 8.13. The van der Waals surface area contributed by atoms with Crippen LogP contribution < -0.4 is 5.73 Å². The minimum atomic E-state index is 0.258. The van der Waals surface area contributed by atoms with Crippen LogP contribution in [0.25, 0.3) is 22.3 Å². The van der Waals surface area contributed by atoms with Crippen LogP contribution in [0.5, 0.6) is 0 Å². The van der Waals surface area contributed by atoms with Gasteiger partial charge in [0.15, 0.2) is 0 Å². The van der Waals surface area contributed by atoms with Crippen LogP contribution in [0.3, 0.4) is 0 Å². The molecule has 3 heterocycles. The SMILES string of the molecule is Nc1nc(-c2cccnc2)c2cc[nH]c2n1. The third kappa shape index (κ3) is 1.30. The van der Waals surface area contributed by atoms with Gasteiger partial charge in [-0.05, 0) is 18.2 Å². The standard InChI is InChI=1S/C11H9N5/c12-11-15-9(7-2-1-4-13-6-7)8-3-5-14-10(8)16-11/h1-6H,(H3,12,14,15,16). The van der Waals surface area contributed by atoms with Crippen LogP contribution in [-0.4, -0.2) is 19.9 Å². The molecule has 0 aliphatic carbocycles. The van der Waals surface area contributed by atoms with E-state index < -0.39 is 0 Å². The first-order valence-corrected chi connectivity index (χ1v) is 4.85. The molecule has 0 fully saturated rings. The molecule has 0 aliphatic heterocycles. The van der Waals surface area contributed by atoms with Crippen molar-refractivity contribution in [1.82, 2.24) is 19.9 Å². The Kier molecular flexibility index (Phi) is 1.83. The van der Waals surface area contributed by atoms with Gasteiger partial charge in [-0.25, -0.2) is 4.98 Å². The molecule has 3 aromatic rings. The summed E-state index contributed by atoms with van der Waals surface area (Å²) in [4.78, 5) is 15.5. The predicted molar refractivity (Wildman–Crippen MR) is 61.5 cm³/mol. The summed E-state index contributed by atoms with van der Waals surface area (Å²) in [6.45, 7) is 0. The lowest BCUT2D eigenvalue weighted by Crippen LogP contribution is -1.97. The minimum Gasteiger partial charge on any atom is -0.368 e. The van der Waals surface area contributed by atoms with Gasteiger partial charge in [0.05, 0.1) is 5.69 Å². The number of nitrogens with one attached hydrogen (secondary N) is 1. The lowest BCUT2D eigenvalue weighted by Gasteiger charge is -2.02. The van der Waals surface area contributed by atoms with Crippen LogP contribution >= 0.6 is 0 Å². The van der Waals surface area contributed by atoms with Crippen LogP contribution in [0, 0.1) is 0 Å². The monoisotopic (exact) mass is 211 g/mol. The van der Waals surface area contributed by atoms with Crippen molar-refractivity contribution in [3.8, 4) is 11.3 Å². The summed E-state index contributed by atoms with van der Waals surface area (Å²) in [5.74, 6) is 0.258. The van der Waals surface area contributed by atoms with E-state index in [0.717, 1.165) is 22.3 Å². The largest absolute Gasteiger partial charge is 0.368 e. The molecular formula is C11H9N5. The van der Waals surface area contributed by atoms with E-state index in [2.05, 4.69) is 19.9 Å². The van der Waals surface area contributed by atoms with Crippen molar-refractivity contribution in [2.24, 2.45) is 0 Å². The van der Waals surface area contributed by atoms with E-state index in [1.165, 1.54) is 0 Å². The van der Waals surface area contributed by atoms with Gasteiger partial charge in [-0.1, -0.05) is 0 Å². The highest BCUT2D eigenvalue weighted by molar-refractivity contribution is 5.91. The zero-order chi connectivity index (χ0) is 11.0. The molecule has 0 aliphatic rings. The van der Waals surface area contributed by atoms with Crippen LogP contribution in [-0.2, 0) is 0 Å². The van der Waals surface area contributed by atoms with Gasteiger partial charge in [0.2, 0.25) is 5.95 Å². The summed E-state index contributed by atoms with van der Waals surface area (Å²) in [6.07, 6.45) is 5.30. The topological polar surface area (TPSA) is 80.5 Å². The highest BCUT2D eigenvalue weighted by Crippen LogP contribution is 2.24. The number of hydrogen-bond donors (Lipinski definition) is 2. The fraction of sp³-hybridized carbons (Fsp3) is 0. The maximum absolute atomic E-state index is 5.66. The third-order valence-electron chi connectivity index (χ3n) is 2.37. The molecule has 78 valence electrons. The second kappa shape index (κ2) is 3.30. The molecule has 0 aromatic carbocycles. The van der Waals surface area contributed by atoms with Gasteiger partial charge in [0.25, 0.3) is 0 Å². The van der Waals surface area contributed by atoms with Crippen molar-refractivity contribution < 1.29 is 0 Å². The van der Waals surface area contributed by atoms with Gasteiger partial charge in [-0.3, -0.25) is 4.98 Å². The number of nitrogens with two attached hydrogens (primary N) is 1. The molecule has 0 saturated carbocycles. The fourth-order valence-electron chi connectivity index (χ4n) is 1.68. The summed E-state index contributed by atoms with van der Waals surface area (Å²) < 4.78 is 0. The molecule has 0 atom stereocenters. The first-order chi connectivity index (χ1) is 7.84. The Hall–Kier alpha value is -2.43. The molecule has 3 rings (SSSR count). The zero-order valence-corrected chi connectivity index (χ0v) is 8.38. The van der Waals surface area contributed by atoms with E-state index in [9.17, 15) is 0 Å². The molecule has 0 spiro atoms. The lowest BCUT2D eigenvalue weighted by molar-refractivity contribution is 1.21. The number of rotatable bonds is 1. The van der Waals surface area contributed by atoms with Crippen molar-refractivity contribution in [2.45, 2.75) is 0 Å². The van der Waals surface area contributed by atoms with Crippen molar-refractivity contribution >= 4 is 17.0 Å². The maximum atomic E-state index is 5.66. The third-order valence-corrected chi connectivity index (χ3v) is 2.37. The molecule has 3 aromatic heterocycles. The van der Waals surface area contributed by atoms with Gasteiger partial charge in [0, 0.05) is 29.5 Å². The first kappa shape index (κ1) is 8.84. The number of aromatic nitrogens is 4. The van der Waals surface area contributed by atoms with Gasteiger partial charge in [0.1, 0.15) is 5.65 Å². The Morgan fingerprint density at radius 3 is 2.94 bits per heavy atom. The predicted octanol–water partition coefficient (Wildman–Crippen LogP) is 1.60. The number of aromatic amines is 1. The summed E-state index contributed by atoms with van der Waals surface area (Å²) in [5, 5.41) is 0.946. The molecule has 5 heteroatoms. The zero-order valence-electron chi connectivity index (χ0n) is 8.38. The number of hydrogen-bond acceptors (Lipinski definition) is 4. The molecule has 0 amide bonds. The fourth-order valence-corrected chi connectivity index (χ4v) is 1.68. The first-order valence-electron chi connectivity index (χ1n) is 4.85. The van der Waals surface area contributed by atoms with Gasteiger partial charge < -0.3 is 10.7 Å². The Bertz CT molecular complexity index is 629. The molecule has 0 saturated heterocycles. The van der Waals surface area contributed by atoms with E-state index >= 15 is 0 Å². The highest BCUT2D eigenvalue weighted by Gasteiger charge is 2.08. The van der Waals surface area contributed by atoms with Crippen molar-refractivity contribution in [3.63, 3.8) is 0 Å². The minimum absolute atomic E-state index is 0.258.